The van der Waals surface area contributed by atoms with Crippen molar-refractivity contribution in [3.8, 4) is 0 Å². The van der Waals surface area contributed by atoms with Crippen LogP contribution in [0.5, 0.6) is 0 Å². The molecule has 1 heterocycles. The van der Waals surface area contributed by atoms with Crippen LogP contribution in [0, 0.1) is 12.8 Å². The Bertz CT molecular complexity index is 658. The van der Waals surface area contributed by atoms with E-state index in [9.17, 15) is 21.6 Å². The number of rotatable bonds is 5. The van der Waals surface area contributed by atoms with E-state index in [1.54, 1.807) is 6.92 Å². The molecule has 0 spiro atoms. The first-order chi connectivity index (χ1) is 10.5. The summed E-state index contributed by atoms with van der Waals surface area (Å²) in [6.45, 7) is 3.66. The van der Waals surface area contributed by atoms with Gasteiger partial charge in [-0.1, -0.05) is 6.07 Å². The van der Waals surface area contributed by atoms with E-state index in [1.165, 1.54) is 12.1 Å². The Morgan fingerprint density at radius 2 is 2.04 bits per heavy atom. The summed E-state index contributed by atoms with van der Waals surface area (Å²) in [6, 6.07) is 3.76. The Morgan fingerprint density at radius 3 is 2.65 bits per heavy atom. The molecule has 1 aromatic rings. The lowest BCUT2D eigenvalue weighted by molar-refractivity contribution is -0.137. The zero-order valence-corrected chi connectivity index (χ0v) is 13.9. The molecule has 0 aliphatic carbocycles. The van der Waals surface area contributed by atoms with Crippen molar-refractivity contribution in [2.24, 2.45) is 5.92 Å². The molecule has 8 heteroatoms. The zero-order valence-electron chi connectivity index (χ0n) is 13.1. The van der Waals surface area contributed by atoms with E-state index in [-0.39, 0.29) is 12.5 Å². The van der Waals surface area contributed by atoms with Crippen LogP contribution in [0.25, 0.3) is 0 Å². The smallest absolute Gasteiger partial charge is 0.299 e. The maximum atomic E-state index is 12.8. The quantitative estimate of drug-likeness (QED) is 0.766. The fourth-order valence-electron chi connectivity index (χ4n) is 2.67. The molecule has 0 saturated carbocycles. The van der Waals surface area contributed by atoms with E-state index in [0.717, 1.165) is 24.3 Å². The number of benzene rings is 1. The van der Waals surface area contributed by atoms with Crippen LogP contribution in [0.2, 0.25) is 0 Å². The van der Waals surface area contributed by atoms with Gasteiger partial charge in [0, 0.05) is 13.1 Å². The lowest BCUT2D eigenvalue weighted by Gasteiger charge is -2.19. The molecular weight excluding hydrogens is 331 g/mol. The standard InChI is InChI=1S/C15H20F3NO3S/c1-11-3-4-14(15(16,17)18)7-13(11)9-19-6-5-12(8-19)10-22-23(2,20)21/h3-4,7,12H,5-6,8-10H2,1-2H3/t12-/m0/s1. The Kier molecular flexibility index (Phi) is 5.37. The fourth-order valence-corrected chi connectivity index (χ4v) is 3.11. The highest BCUT2D eigenvalue weighted by Gasteiger charge is 2.31. The predicted octanol–water partition coefficient (Wildman–Crippen LogP) is 2.81. The molecule has 0 amide bonds. The van der Waals surface area contributed by atoms with E-state index >= 15 is 0 Å². The molecule has 1 aliphatic rings. The minimum Gasteiger partial charge on any atom is -0.299 e. The molecule has 4 nitrogen and oxygen atoms in total. The summed E-state index contributed by atoms with van der Waals surface area (Å²) in [7, 11) is -3.46. The van der Waals surface area contributed by atoms with Gasteiger partial charge in [0.15, 0.2) is 0 Å². The maximum absolute atomic E-state index is 12.8. The molecule has 2 rings (SSSR count). The third kappa shape index (κ3) is 5.47. The first-order valence-corrected chi connectivity index (χ1v) is 9.10. The van der Waals surface area contributed by atoms with Gasteiger partial charge in [-0.05, 0) is 49.1 Å². The molecule has 0 unspecified atom stereocenters. The number of aryl methyl sites for hydroxylation is 1. The predicted molar refractivity (Wildman–Crippen MR) is 80.4 cm³/mol. The van der Waals surface area contributed by atoms with Gasteiger partial charge < -0.3 is 0 Å². The molecule has 1 aliphatic heterocycles. The van der Waals surface area contributed by atoms with E-state index in [1.807, 2.05) is 4.90 Å². The second kappa shape index (κ2) is 6.78. The summed E-state index contributed by atoms with van der Waals surface area (Å²) in [4.78, 5) is 2.03. The van der Waals surface area contributed by atoms with E-state index in [0.29, 0.717) is 25.2 Å². The van der Waals surface area contributed by atoms with Crippen LogP contribution in [0.15, 0.2) is 18.2 Å². The number of likely N-dealkylation sites (tertiary alicyclic amines) is 1. The van der Waals surface area contributed by atoms with E-state index in [2.05, 4.69) is 0 Å². The summed E-state index contributed by atoms with van der Waals surface area (Å²) in [5, 5.41) is 0. The van der Waals surface area contributed by atoms with Crippen molar-refractivity contribution in [3.05, 3.63) is 34.9 Å². The summed E-state index contributed by atoms with van der Waals surface area (Å²) < 4.78 is 65.2. The third-order valence-electron chi connectivity index (χ3n) is 3.96. The van der Waals surface area contributed by atoms with Gasteiger partial charge in [0.25, 0.3) is 10.1 Å². The number of halogens is 3. The second-order valence-corrected chi connectivity index (χ2v) is 7.66. The van der Waals surface area contributed by atoms with Gasteiger partial charge >= 0.3 is 6.18 Å². The van der Waals surface area contributed by atoms with Gasteiger partial charge in [0.05, 0.1) is 18.4 Å². The zero-order chi connectivity index (χ0) is 17.3. The molecule has 1 atom stereocenters. The fraction of sp³-hybridized carbons (Fsp3) is 0.600. The Hall–Kier alpha value is -1.12. The van der Waals surface area contributed by atoms with Crippen molar-refractivity contribution in [3.63, 3.8) is 0 Å². The van der Waals surface area contributed by atoms with Gasteiger partial charge in [0.2, 0.25) is 0 Å². The molecule has 130 valence electrons. The van der Waals surface area contributed by atoms with Crippen LogP contribution in [-0.2, 0) is 27.0 Å². The Morgan fingerprint density at radius 1 is 1.35 bits per heavy atom. The van der Waals surface area contributed by atoms with Gasteiger partial charge in [-0.3, -0.25) is 9.08 Å². The highest BCUT2D eigenvalue weighted by atomic mass is 32.2. The first-order valence-electron chi connectivity index (χ1n) is 7.28. The second-order valence-electron chi connectivity index (χ2n) is 6.02. The number of nitrogens with zero attached hydrogens (tertiary/aromatic N) is 1. The summed E-state index contributed by atoms with van der Waals surface area (Å²) in [5.41, 5.74) is 0.813. The Balaban J connectivity index is 1.98. The largest absolute Gasteiger partial charge is 0.416 e. The topological polar surface area (TPSA) is 46.6 Å². The summed E-state index contributed by atoms with van der Waals surface area (Å²) >= 11 is 0. The number of alkyl halides is 3. The molecule has 1 saturated heterocycles. The summed E-state index contributed by atoms with van der Waals surface area (Å²) in [5.74, 6) is 0.0795. The van der Waals surface area contributed by atoms with Crippen LogP contribution in [0.1, 0.15) is 23.1 Å². The van der Waals surface area contributed by atoms with Crippen LogP contribution < -0.4 is 0 Å². The average molecular weight is 351 g/mol. The molecule has 0 bridgehead atoms. The molecule has 0 radical (unpaired) electrons. The van der Waals surface area contributed by atoms with Crippen LogP contribution in [0.3, 0.4) is 0 Å². The third-order valence-corrected chi connectivity index (χ3v) is 4.52. The van der Waals surface area contributed by atoms with Crippen molar-refractivity contribution in [1.29, 1.82) is 0 Å². The minimum atomic E-state index is -4.35. The molecule has 1 aromatic carbocycles. The van der Waals surface area contributed by atoms with E-state index in [4.69, 9.17) is 4.18 Å². The monoisotopic (exact) mass is 351 g/mol. The van der Waals surface area contributed by atoms with Crippen LogP contribution in [0.4, 0.5) is 13.2 Å². The van der Waals surface area contributed by atoms with Crippen LogP contribution in [-0.4, -0.2) is 39.3 Å². The number of hydrogen-bond acceptors (Lipinski definition) is 4. The van der Waals surface area contributed by atoms with E-state index < -0.39 is 21.9 Å². The molecule has 23 heavy (non-hydrogen) atoms. The molecule has 0 N–H and O–H groups in total. The SMILES string of the molecule is Cc1ccc(C(F)(F)F)cc1CN1CC[C@H](COS(C)(=O)=O)C1. The lowest BCUT2D eigenvalue weighted by Crippen LogP contribution is -2.23. The van der Waals surface area contributed by atoms with Crippen molar-refractivity contribution >= 4 is 10.1 Å². The number of hydrogen-bond donors (Lipinski definition) is 0. The molecule has 1 fully saturated rings. The highest BCUT2D eigenvalue weighted by molar-refractivity contribution is 7.85. The lowest BCUT2D eigenvalue weighted by atomic mass is 10.0. The van der Waals surface area contributed by atoms with Crippen molar-refractivity contribution < 1.29 is 25.8 Å². The summed E-state index contributed by atoms with van der Waals surface area (Å²) in [6.07, 6.45) is -2.57. The first kappa shape index (κ1) is 18.2. The van der Waals surface area contributed by atoms with Gasteiger partial charge in [0.1, 0.15) is 0 Å². The maximum Gasteiger partial charge on any atom is 0.416 e. The van der Waals surface area contributed by atoms with Crippen molar-refractivity contribution in [2.75, 3.05) is 26.0 Å². The minimum absolute atomic E-state index is 0.0795. The van der Waals surface area contributed by atoms with Gasteiger partial charge in [-0.15, -0.1) is 0 Å². The average Bonchev–Trinajstić information content (AvgIpc) is 2.85. The molecular formula is C15H20F3NO3S. The highest BCUT2D eigenvalue weighted by Crippen LogP contribution is 2.31. The van der Waals surface area contributed by atoms with Gasteiger partial charge in [-0.2, -0.15) is 21.6 Å². The van der Waals surface area contributed by atoms with Crippen molar-refractivity contribution in [1.82, 2.24) is 4.90 Å². The van der Waals surface area contributed by atoms with Crippen molar-refractivity contribution in [2.45, 2.75) is 26.1 Å². The van der Waals surface area contributed by atoms with Gasteiger partial charge in [-0.25, -0.2) is 0 Å². The normalized spacial score (nSPS) is 20.1. The molecule has 0 aromatic heterocycles. The Labute approximate surface area is 134 Å². The van der Waals surface area contributed by atoms with Crippen LogP contribution >= 0.6 is 0 Å².